The molecule has 0 bridgehead atoms. The maximum absolute atomic E-state index is 10.7. The van der Waals surface area contributed by atoms with Gasteiger partial charge in [-0.3, -0.25) is 0 Å². The molecule has 4 nitrogen and oxygen atoms in total. The van der Waals surface area contributed by atoms with Gasteiger partial charge in [0.2, 0.25) is 0 Å². The maximum Gasteiger partial charge on any atom is 0.335 e. The first-order chi connectivity index (χ1) is 7.45. The summed E-state index contributed by atoms with van der Waals surface area (Å²) in [5, 5.41) is 28.0. The normalized spacial score (nSPS) is 14.5. The number of aromatic carboxylic acids is 1. The number of hydrogen-bond donors (Lipinski definition) is 4. The van der Waals surface area contributed by atoms with Gasteiger partial charge in [0.1, 0.15) is 6.10 Å². The Kier molecular flexibility index (Phi) is 4.61. The van der Waals surface area contributed by atoms with Crippen LogP contribution in [0.5, 0.6) is 0 Å². The van der Waals surface area contributed by atoms with Gasteiger partial charge in [0.25, 0.3) is 0 Å². The fourth-order valence-electron chi connectivity index (χ4n) is 1.23. The van der Waals surface area contributed by atoms with Crippen molar-refractivity contribution in [3.8, 4) is 0 Å². The van der Waals surface area contributed by atoms with Gasteiger partial charge in [0.05, 0.1) is 11.7 Å². The molecular formula is C10H11ClO4S. The van der Waals surface area contributed by atoms with Crippen LogP contribution < -0.4 is 0 Å². The number of aliphatic hydroxyl groups is 2. The number of benzene rings is 1. The average Bonchev–Trinajstić information content (AvgIpc) is 2.26. The minimum atomic E-state index is -1.20. The number of aliphatic hydroxyl groups excluding tert-OH is 2. The standard InChI is InChI=1S/C10H11ClO4S/c11-7-2-5(9(13)8(12)4-16)1-6(3-7)10(14)15/h1-3,8-9,12-13,16H,4H2,(H,14,15). The molecule has 0 saturated carbocycles. The second-order valence-corrected chi connectivity index (χ2v) is 4.07. The van der Waals surface area contributed by atoms with Crippen LogP contribution in [0, 0.1) is 0 Å². The van der Waals surface area contributed by atoms with Crippen molar-refractivity contribution >= 4 is 30.2 Å². The quantitative estimate of drug-likeness (QED) is 0.618. The molecule has 6 heteroatoms. The molecule has 2 unspecified atom stereocenters. The highest BCUT2D eigenvalue weighted by Gasteiger charge is 2.19. The molecule has 0 saturated heterocycles. The van der Waals surface area contributed by atoms with Gasteiger partial charge in [-0.1, -0.05) is 11.6 Å². The Morgan fingerprint density at radius 2 is 2.00 bits per heavy atom. The molecule has 0 aliphatic heterocycles. The number of halogens is 1. The van der Waals surface area contributed by atoms with E-state index in [1.54, 1.807) is 0 Å². The first-order valence-corrected chi connectivity index (χ1v) is 5.47. The first-order valence-electron chi connectivity index (χ1n) is 4.46. The molecule has 3 N–H and O–H groups in total. The van der Waals surface area contributed by atoms with Crippen molar-refractivity contribution < 1.29 is 20.1 Å². The fraction of sp³-hybridized carbons (Fsp3) is 0.300. The minimum Gasteiger partial charge on any atom is -0.478 e. The highest BCUT2D eigenvalue weighted by atomic mass is 35.5. The van der Waals surface area contributed by atoms with E-state index >= 15 is 0 Å². The molecule has 2 atom stereocenters. The molecule has 0 spiro atoms. The highest BCUT2D eigenvalue weighted by Crippen LogP contribution is 2.23. The summed E-state index contributed by atoms with van der Waals surface area (Å²) in [4.78, 5) is 10.7. The monoisotopic (exact) mass is 262 g/mol. The van der Waals surface area contributed by atoms with E-state index < -0.39 is 18.2 Å². The molecule has 1 rings (SSSR count). The van der Waals surface area contributed by atoms with E-state index in [2.05, 4.69) is 12.6 Å². The smallest absolute Gasteiger partial charge is 0.335 e. The van der Waals surface area contributed by atoms with Gasteiger partial charge in [0, 0.05) is 10.8 Å². The van der Waals surface area contributed by atoms with Gasteiger partial charge in [-0.25, -0.2) is 4.79 Å². The van der Waals surface area contributed by atoms with Crippen LogP contribution in [0.2, 0.25) is 5.02 Å². The van der Waals surface area contributed by atoms with Crippen molar-refractivity contribution in [3.05, 3.63) is 34.3 Å². The Balaban J connectivity index is 3.09. The molecule has 1 aromatic rings. The van der Waals surface area contributed by atoms with Crippen LogP contribution in [0.25, 0.3) is 0 Å². The molecule has 16 heavy (non-hydrogen) atoms. The summed E-state index contributed by atoms with van der Waals surface area (Å²) in [5.74, 6) is -1.08. The van der Waals surface area contributed by atoms with Crippen molar-refractivity contribution in [3.63, 3.8) is 0 Å². The largest absolute Gasteiger partial charge is 0.478 e. The summed E-state index contributed by atoms with van der Waals surface area (Å²) in [6, 6.07) is 3.95. The molecule has 0 aliphatic rings. The Bertz CT molecular complexity index is 396. The number of carbonyl (C=O) groups is 1. The van der Waals surface area contributed by atoms with Crippen molar-refractivity contribution in [2.24, 2.45) is 0 Å². The minimum absolute atomic E-state index is 0.0343. The summed E-state index contributed by atoms with van der Waals surface area (Å²) in [5.41, 5.74) is 0.222. The summed E-state index contributed by atoms with van der Waals surface area (Å²) >= 11 is 9.55. The van der Waals surface area contributed by atoms with Gasteiger partial charge in [0.15, 0.2) is 0 Å². The Morgan fingerprint density at radius 3 is 2.50 bits per heavy atom. The second kappa shape index (κ2) is 5.54. The fourth-order valence-corrected chi connectivity index (χ4v) is 1.67. The van der Waals surface area contributed by atoms with Crippen LogP contribution in [0.3, 0.4) is 0 Å². The van der Waals surface area contributed by atoms with Crippen LogP contribution in [0.4, 0.5) is 0 Å². The van der Waals surface area contributed by atoms with Crippen molar-refractivity contribution in [2.75, 3.05) is 5.75 Å². The van der Waals surface area contributed by atoms with Crippen LogP contribution in [0.15, 0.2) is 18.2 Å². The van der Waals surface area contributed by atoms with Crippen LogP contribution in [0.1, 0.15) is 22.0 Å². The predicted octanol–water partition coefficient (Wildman–Crippen LogP) is 1.36. The van der Waals surface area contributed by atoms with Crippen molar-refractivity contribution in [1.29, 1.82) is 0 Å². The highest BCUT2D eigenvalue weighted by molar-refractivity contribution is 7.80. The Hall–Kier alpha value is -0.750. The predicted molar refractivity (Wildman–Crippen MR) is 63.2 cm³/mol. The topological polar surface area (TPSA) is 77.8 Å². The number of thiol groups is 1. The molecule has 0 radical (unpaired) electrons. The lowest BCUT2D eigenvalue weighted by Gasteiger charge is -2.16. The van der Waals surface area contributed by atoms with E-state index in [4.69, 9.17) is 16.7 Å². The average molecular weight is 263 g/mol. The van der Waals surface area contributed by atoms with Gasteiger partial charge in [-0.2, -0.15) is 12.6 Å². The van der Waals surface area contributed by atoms with Crippen molar-refractivity contribution in [2.45, 2.75) is 12.2 Å². The number of carboxylic acid groups (broad SMARTS) is 1. The number of carboxylic acids is 1. The zero-order valence-corrected chi connectivity index (χ0v) is 9.82. The second-order valence-electron chi connectivity index (χ2n) is 3.27. The molecule has 0 amide bonds. The molecule has 0 aromatic heterocycles. The molecule has 0 aliphatic carbocycles. The van der Waals surface area contributed by atoms with Gasteiger partial charge in [-0.05, 0) is 23.8 Å². The van der Waals surface area contributed by atoms with Crippen LogP contribution >= 0.6 is 24.2 Å². The van der Waals surface area contributed by atoms with Gasteiger partial charge >= 0.3 is 5.97 Å². The third kappa shape index (κ3) is 3.12. The lowest BCUT2D eigenvalue weighted by Crippen LogP contribution is -2.20. The lowest BCUT2D eigenvalue weighted by molar-refractivity contribution is 0.0336. The first kappa shape index (κ1) is 13.3. The van der Waals surface area contributed by atoms with Crippen LogP contribution in [-0.2, 0) is 0 Å². The molecule has 0 fully saturated rings. The van der Waals surface area contributed by atoms with Crippen molar-refractivity contribution in [1.82, 2.24) is 0 Å². The number of hydrogen-bond acceptors (Lipinski definition) is 4. The third-order valence-electron chi connectivity index (χ3n) is 2.06. The molecule has 0 heterocycles. The van der Waals surface area contributed by atoms with Crippen LogP contribution in [-0.4, -0.2) is 33.1 Å². The number of rotatable bonds is 4. The van der Waals surface area contributed by atoms with E-state index in [0.29, 0.717) is 0 Å². The Morgan fingerprint density at radius 1 is 1.38 bits per heavy atom. The Labute approximate surface area is 103 Å². The van der Waals surface area contributed by atoms with E-state index in [1.807, 2.05) is 0 Å². The zero-order valence-electron chi connectivity index (χ0n) is 8.17. The molecular weight excluding hydrogens is 252 g/mol. The third-order valence-corrected chi connectivity index (χ3v) is 2.65. The van der Waals surface area contributed by atoms with E-state index in [-0.39, 0.29) is 21.9 Å². The summed E-state index contributed by atoms with van der Waals surface area (Å²) in [6.45, 7) is 0. The zero-order chi connectivity index (χ0) is 12.3. The van der Waals surface area contributed by atoms with Gasteiger partial charge < -0.3 is 15.3 Å². The summed E-state index contributed by atoms with van der Waals surface area (Å²) in [7, 11) is 0. The summed E-state index contributed by atoms with van der Waals surface area (Å²) in [6.07, 6.45) is -2.27. The van der Waals surface area contributed by atoms with E-state index in [0.717, 1.165) is 0 Å². The molecule has 88 valence electrons. The van der Waals surface area contributed by atoms with Gasteiger partial charge in [-0.15, -0.1) is 0 Å². The van der Waals surface area contributed by atoms with E-state index in [1.165, 1.54) is 18.2 Å². The molecule has 1 aromatic carbocycles. The summed E-state index contributed by atoms with van der Waals surface area (Å²) < 4.78 is 0. The SMILES string of the molecule is O=C(O)c1cc(Cl)cc(C(O)C(O)CS)c1. The lowest BCUT2D eigenvalue weighted by atomic mass is 10.0. The van der Waals surface area contributed by atoms with E-state index in [9.17, 15) is 15.0 Å². The maximum atomic E-state index is 10.7.